The Morgan fingerprint density at radius 3 is 2.37 bits per heavy atom. The molecule has 0 N–H and O–H groups in total. The Bertz CT molecular complexity index is 828. The quantitative estimate of drug-likeness (QED) is 0.444. The fourth-order valence-corrected chi connectivity index (χ4v) is 3.19. The molecule has 0 bridgehead atoms. The third-order valence-electron chi connectivity index (χ3n) is 4.18. The van der Waals surface area contributed by atoms with Crippen LogP contribution in [-0.4, -0.2) is 28.8 Å². The zero-order chi connectivity index (χ0) is 20.5. The number of carbonyl (C=O) groups is 1. The van der Waals surface area contributed by atoms with E-state index in [9.17, 15) is 28.1 Å². The van der Waals surface area contributed by atoms with Crippen molar-refractivity contribution in [3.8, 4) is 0 Å². The SMILES string of the molecule is CC1=NC(C)=C(C(=O)OC(C)C)C(c2ccccc2C(F)(F)F)C1[N+](=O)[O-]. The van der Waals surface area contributed by atoms with Gasteiger partial charge in [-0.3, -0.25) is 15.1 Å². The molecule has 1 aliphatic rings. The Balaban J connectivity index is 2.76. The number of nitrogens with zero attached hydrogens (tertiary/aromatic N) is 2. The Morgan fingerprint density at radius 1 is 1.26 bits per heavy atom. The van der Waals surface area contributed by atoms with Gasteiger partial charge in [-0.1, -0.05) is 18.2 Å². The number of benzene rings is 1. The minimum absolute atomic E-state index is 0.0283. The van der Waals surface area contributed by atoms with Crippen LogP contribution in [0.25, 0.3) is 0 Å². The summed E-state index contributed by atoms with van der Waals surface area (Å²) in [5.74, 6) is -2.37. The molecule has 9 heteroatoms. The van der Waals surface area contributed by atoms with Crippen LogP contribution in [0.15, 0.2) is 40.5 Å². The monoisotopic (exact) mass is 384 g/mol. The lowest BCUT2D eigenvalue weighted by Gasteiger charge is -2.29. The largest absolute Gasteiger partial charge is 0.460 e. The van der Waals surface area contributed by atoms with Crippen LogP contribution in [0, 0.1) is 10.1 Å². The van der Waals surface area contributed by atoms with Gasteiger partial charge in [0.15, 0.2) is 0 Å². The zero-order valence-corrected chi connectivity index (χ0v) is 15.2. The van der Waals surface area contributed by atoms with Gasteiger partial charge in [0.25, 0.3) is 6.04 Å². The highest BCUT2D eigenvalue weighted by atomic mass is 19.4. The molecule has 27 heavy (non-hydrogen) atoms. The fourth-order valence-electron chi connectivity index (χ4n) is 3.19. The zero-order valence-electron chi connectivity index (χ0n) is 15.2. The number of allylic oxidation sites excluding steroid dienone is 1. The summed E-state index contributed by atoms with van der Waals surface area (Å²) in [4.78, 5) is 27.6. The second kappa shape index (κ2) is 7.50. The van der Waals surface area contributed by atoms with Crippen LogP contribution in [0.2, 0.25) is 0 Å². The maximum absolute atomic E-state index is 13.5. The molecule has 0 saturated carbocycles. The fraction of sp³-hybridized carbons (Fsp3) is 0.444. The number of esters is 1. The second-order valence-electron chi connectivity index (χ2n) is 6.50. The lowest BCUT2D eigenvalue weighted by Crippen LogP contribution is -2.41. The first-order valence-electron chi connectivity index (χ1n) is 8.21. The van der Waals surface area contributed by atoms with Gasteiger partial charge in [0.05, 0.1) is 28.9 Å². The molecule has 1 aromatic rings. The molecule has 2 unspecified atom stereocenters. The number of rotatable bonds is 4. The van der Waals surface area contributed by atoms with E-state index < -0.39 is 40.7 Å². The first kappa shape index (κ1) is 20.6. The summed E-state index contributed by atoms with van der Waals surface area (Å²) in [5.41, 5.74) is -1.47. The molecule has 146 valence electrons. The minimum Gasteiger partial charge on any atom is -0.460 e. The summed E-state index contributed by atoms with van der Waals surface area (Å²) in [6, 6.07) is 2.93. The van der Waals surface area contributed by atoms with Crippen LogP contribution >= 0.6 is 0 Å². The van der Waals surface area contributed by atoms with E-state index in [0.717, 1.165) is 12.1 Å². The maximum atomic E-state index is 13.5. The van der Waals surface area contributed by atoms with Crippen molar-refractivity contribution in [1.29, 1.82) is 0 Å². The van der Waals surface area contributed by atoms with Gasteiger partial charge in [-0.05, 0) is 39.3 Å². The molecule has 0 fully saturated rings. The highest BCUT2D eigenvalue weighted by Gasteiger charge is 2.48. The lowest BCUT2D eigenvalue weighted by molar-refractivity contribution is -0.505. The van der Waals surface area contributed by atoms with Crippen LogP contribution in [0.4, 0.5) is 13.2 Å². The molecule has 0 aromatic heterocycles. The molecular formula is C18H19F3N2O4. The van der Waals surface area contributed by atoms with Gasteiger partial charge in [-0.15, -0.1) is 0 Å². The first-order valence-corrected chi connectivity index (χ1v) is 8.21. The van der Waals surface area contributed by atoms with E-state index in [0.29, 0.717) is 0 Å². The summed E-state index contributed by atoms with van der Waals surface area (Å²) in [6.45, 7) is 5.95. The van der Waals surface area contributed by atoms with Gasteiger partial charge in [0.2, 0.25) is 0 Å². The summed E-state index contributed by atoms with van der Waals surface area (Å²) in [5, 5.41) is 11.7. The van der Waals surface area contributed by atoms with Crippen LogP contribution < -0.4 is 0 Å². The van der Waals surface area contributed by atoms with Crippen LogP contribution in [0.3, 0.4) is 0 Å². The average Bonchev–Trinajstić information content (AvgIpc) is 2.51. The van der Waals surface area contributed by atoms with Crippen LogP contribution in [0.5, 0.6) is 0 Å². The predicted octanol–water partition coefficient (Wildman–Crippen LogP) is 4.13. The number of hydrogen-bond acceptors (Lipinski definition) is 5. The van der Waals surface area contributed by atoms with E-state index in [2.05, 4.69) is 4.99 Å². The van der Waals surface area contributed by atoms with Crippen molar-refractivity contribution in [3.63, 3.8) is 0 Å². The third kappa shape index (κ3) is 4.17. The molecular weight excluding hydrogens is 365 g/mol. The number of carbonyl (C=O) groups excluding carboxylic acids is 1. The van der Waals surface area contributed by atoms with Crippen LogP contribution in [-0.2, 0) is 15.7 Å². The smallest absolute Gasteiger partial charge is 0.416 e. The van der Waals surface area contributed by atoms with Crippen molar-refractivity contribution in [1.82, 2.24) is 0 Å². The lowest BCUT2D eigenvalue weighted by atomic mass is 9.78. The molecule has 0 spiro atoms. The van der Waals surface area contributed by atoms with Gasteiger partial charge >= 0.3 is 12.1 Å². The Hall–Kier alpha value is -2.71. The Labute approximate surface area is 153 Å². The van der Waals surface area contributed by atoms with Gasteiger partial charge in [-0.25, -0.2) is 4.79 Å². The molecule has 1 heterocycles. The van der Waals surface area contributed by atoms with E-state index in [-0.39, 0.29) is 22.5 Å². The molecule has 0 radical (unpaired) electrons. The molecule has 2 rings (SSSR count). The van der Waals surface area contributed by atoms with Gasteiger partial charge < -0.3 is 4.74 Å². The molecule has 0 saturated heterocycles. The molecule has 1 aliphatic heterocycles. The highest BCUT2D eigenvalue weighted by molar-refractivity contribution is 5.98. The van der Waals surface area contributed by atoms with Crippen molar-refractivity contribution in [3.05, 3.63) is 56.8 Å². The van der Waals surface area contributed by atoms with E-state index in [1.54, 1.807) is 13.8 Å². The molecule has 0 amide bonds. The van der Waals surface area contributed by atoms with Crippen molar-refractivity contribution >= 4 is 11.7 Å². The topological polar surface area (TPSA) is 81.8 Å². The van der Waals surface area contributed by atoms with Crippen molar-refractivity contribution in [2.24, 2.45) is 4.99 Å². The molecule has 6 nitrogen and oxygen atoms in total. The second-order valence-corrected chi connectivity index (χ2v) is 6.50. The number of nitro groups is 1. The first-order chi connectivity index (χ1) is 12.4. The maximum Gasteiger partial charge on any atom is 0.416 e. The third-order valence-corrected chi connectivity index (χ3v) is 4.18. The number of halogens is 3. The Kier molecular flexibility index (Phi) is 5.72. The summed E-state index contributed by atoms with van der Waals surface area (Å²) >= 11 is 0. The van der Waals surface area contributed by atoms with E-state index in [1.807, 2.05) is 0 Å². The average molecular weight is 384 g/mol. The standard InChI is InChI=1S/C18H19F3N2O4/c1-9(2)27-17(24)14-10(3)22-11(4)16(23(25)26)15(14)12-7-5-6-8-13(12)18(19,20)21/h5-9,15-16H,1-4H3. The van der Waals surface area contributed by atoms with E-state index >= 15 is 0 Å². The molecule has 1 aromatic carbocycles. The number of ether oxygens (including phenoxy) is 1. The molecule has 0 aliphatic carbocycles. The van der Waals surface area contributed by atoms with Gasteiger partial charge in [0, 0.05) is 10.6 Å². The van der Waals surface area contributed by atoms with E-state index in [4.69, 9.17) is 4.74 Å². The van der Waals surface area contributed by atoms with Crippen molar-refractivity contribution < 1.29 is 27.6 Å². The van der Waals surface area contributed by atoms with Crippen molar-refractivity contribution in [2.45, 2.75) is 51.9 Å². The van der Waals surface area contributed by atoms with Crippen LogP contribution in [0.1, 0.15) is 44.7 Å². The summed E-state index contributed by atoms with van der Waals surface area (Å²) < 4.78 is 45.7. The Morgan fingerprint density at radius 2 is 1.85 bits per heavy atom. The number of hydrogen-bond donors (Lipinski definition) is 0. The number of aliphatic imine (C=N–C) groups is 1. The van der Waals surface area contributed by atoms with E-state index in [1.165, 1.54) is 26.0 Å². The predicted molar refractivity (Wildman–Crippen MR) is 92.0 cm³/mol. The number of alkyl halides is 3. The summed E-state index contributed by atoms with van der Waals surface area (Å²) in [7, 11) is 0. The summed E-state index contributed by atoms with van der Waals surface area (Å²) in [6.07, 6.45) is -5.28. The highest BCUT2D eigenvalue weighted by Crippen LogP contribution is 2.42. The normalized spacial score (nSPS) is 20.5. The van der Waals surface area contributed by atoms with Gasteiger partial charge in [-0.2, -0.15) is 13.2 Å². The van der Waals surface area contributed by atoms with Crippen molar-refractivity contribution in [2.75, 3.05) is 0 Å². The minimum atomic E-state index is -4.73. The van der Waals surface area contributed by atoms with Gasteiger partial charge in [0.1, 0.15) is 0 Å². The molecule has 2 atom stereocenters.